The summed E-state index contributed by atoms with van der Waals surface area (Å²) < 4.78 is 5.22. The van der Waals surface area contributed by atoms with Gasteiger partial charge in [0.05, 0.1) is 7.11 Å². The molecule has 2 aromatic carbocycles. The van der Waals surface area contributed by atoms with Gasteiger partial charge in [0.25, 0.3) is 0 Å². The van der Waals surface area contributed by atoms with Crippen molar-refractivity contribution >= 4 is 28.3 Å². The van der Waals surface area contributed by atoms with E-state index in [9.17, 15) is 4.79 Å². The van der Waals surface area contributed by atoms with E-state index in [0.717, 1.165) is 22.2 Å². The maximum atomic E-state index is 12.7. The smallest absolute Gasteiger partial charge is 0.195 e. The summed E-state index contributed by atoms with van der Waals surface area (Å²) in [5, 5.41) is 1.51. The number of ketones is 1. The van der Waals surface area contributed by atoms with Crippen LogP contribution in [0.1, 0.15) is 21.5 Å². The standard InChI is InChI=1S/C17H14ClNO2/c1-10-7-11(3-5-15(10)18)17(20)14-9-19-16-6-4-12(21-2)8-13(14)16/h3-9,19H,1-2H3. The van der Waals surface area contributed by atoms with Crippen molar-refractivity contribution in [3.63, 3.8) is 0 Å². The molecule has 1 N–H and O–H groups in total. The van der Waals surface area contributed by atoms with E-state index in [1.54, 1.807) is 25.4 Å². The second-order valence-electron chi connectivity index (χ2n) is 4.91. The number of carbonyl (C=O) groups is 1. The van der Waals surface area contributed by atoms with Crippen molar-refractivity contribution in [2.45, 2.75) is 6.92 Å². The predicted molar refractivity (Wildman–Crippen MR) is 84.5 cm³/mol. The third-order valence-electron chi connectivity index (χ3n) is 3.55. The third kappa shape index (κ3) is 2.41. The van der Waals surface area contributed by atoms with E-state index in [1.165, 1.54) is 0 Å². The quantitative estimate of drug-likeness (QED) is 0.730. The van der Waals surface area contributed by atoms with Gasteiger partial charge in [-0.1, -0.05) is 11.6 Å². The Morgan fingerprint density at radius 1 is 1.19 bits per heavy atom. The molecule has 106 valence electrons. The summed E-state index contributed by atoms with van der Waals surface area (Å²) in [5.41, 5.74) is 3.05. The number of H-pyrrole nitrogens is 1. The van der Waals surface area contributed by atoms with Crippen molar-refractivity contribution < 1.29 is 9.53 Å². The van der Waals surface area contributed by atoms with Crippen LogP contribution in [0.15, 0.2) is 42.6 Å². The number of nitrogens with one attached hydrogen (secondary N) is 1. The molecule has 21 heavy (non-hydrogen) atoms. The molecule has 0 aliphatic heterocycles. The van der Waals surface area contributed by atoms with Gasteiger partial charge in [-0.05, 0) is 48.9 Å². The largest absolute Gasteiger partial charge is 0.497 e. The normalized spacial score (nSPS) is 10.8. The first-order valence-electron chi connectivity index (χ1n) is 6.56. The van der Waals surface area contributed by atoms with Crippen LogP contribution in [-0.2, 0) is 0 Å². The Morgan fingerprint density at radius 3 is 2.71 bits per heavy atom. The van der Waals surface area contributed by atoms with Gasteiger partial charge in [0.2, 0.25) is 0 Å². The maximum Gasteiger partial charge on any atom is 0.195 e. The van der Waals surface area contributed by atoms with Gasteiger partial charge in [-0.25, -0.2) is 0 Å². The number of hydrogen-bond donors (Lipinski definition) is 1. The summed E-state index contributed by atoms with van der Waals surface area (Å²) in [6.07, 6.45) is 1.73. The molecule has 0 aliphatic carbocycles. The van der Waals surface area contributed by atoms with Gasteiger partial charge in [0.15, 0.2) is 5.78 Å². The second-order valence-corrected chi connectivity index (χ2v) is 5.31. The number of hydrogen-bond acceptors (Lipinski definition) is 2. The Balaban J connectivity index is 2.10. The van der Waals surface area contributed by atoms with Crippen molar-refractivity contribution in [3.05, 3.63) is 64.3 Å². The molecule has 0 saturated heterocycles. The van der Waals surface area contributed by atoms with E-state index in [1.807, 2.05) is 31.2 Å². The Kier molecular flexibility index (Phi) is 3.43. The summed E-state index contributed by atoms with van der Waals surface area (Å²) in [5.74, 6) is 0.692. The molecule has 3 rings (SSSR count). The highest BCUT2D eigenvalue weighted by atomic mass is 35.5. The topological polar surface area (TPSA) is 42.1 Å². The van der Waals surface area contributed by atoms with Crippen LogP contribution in [0, 0.1) is 6.92 Å². The van der Waals surface area contributed by atoms with Crippen LogP contribution < -0.4 is 4.74 Å². The molecular formula is C17H14ClNO2. The molecule has 0 unspecified atom stereocenters. The van der Waals surface area contributed by atoms with Crippen LogP contribution in [0.2, 0.25) is 5.02 Å². The zero-order valence-electron chi connectivity index (χ0n) is 11.7. The molecule has 1 aromatic heterocycles. The molecule has 4 heteroatoms. The molecule has 0 bridgehead atoms. The number of aromatic amines is 1. The van der Waals surface area contributed by atoms with Gasteiger partial charge in [0, 0.05) is 33.2 Å². The first-order chi connectivity index (χ1) is 10.1. The summed E-state index contributed by atoms with van der Waals surface area (Å²) in [7, 11) is 1.61. The molecular weight excluding hydrogens is 286 g/mol. The van der Waals surface area contributed by atoms with E-state index in [2.05, 4.69) is 4.98 Å². The van der Waals surface area contributed by atoms with Crippen molar-refractivity contribution in [1.29, 1.82) is 0 Å². The lowest BCUT2D eigenvalue weighted by molar-refractivity contribution is 0.104. The zero-order valence-corrected chi connectivity index (χ0v) is 12.5. The average Bonchev–Trinajstić information content (AvgIpc) is 2.92. The minimum Gasteiger partial charge on any atom is -0.497 e. The zero-order chi connectivity index (χ0) is 15.0. The van der Waals surface area contributed by atoms with Gasteiger partial charge in [0.1, 0.15) is 5.75 Å². The number of ether oxygens (including phenoxy) is 1. The molecule has 0 saturated carbocycles. The number of methoxy groups -OCH3 is 1. The fourth-order valence-electron chi connectivity index (χ4n) is 2.36. The Morgan fingerprint density at radius 2 is 2.00 bits per heavy atom. The first kappa shape index (κ1) is 13.7. The molecule has 1 heterocycles. The Labute approximate surface area is 127 Å². The maximum absolute atomic E-state index is 12.7. The van der Waals surface area contributed by atoms with E-state index in [4.69, 9.17) is 16.3 Å². The van der Waals surface area contributed by atoms with Crippen LogP contribution in [0.4, 0.5) is 0 Å². The number of halogens is 1. The predicted octanol–water partition coefficient (Wildman–Crippen LogP) is 4.37. The Bertz CT molecular complexity index is 836. The lowest BCUT2D eigenvalue weighted by Gasteiger charge is -2.04. The number of aromatic nitrogens is 1. The summed E-state index contributed by atoms with van der Waals surface area (Å²) >= 11 is 6.01. The molecule has 0 aliphatic rings. The van der Waals surface area contributed by atoms with Crippen molar-refractivity contribution in [3.8, 4) is 5.75 Å². The number of carbonyl (C=O) groups excluding carboxylic acids is 1. The van der Waals surface area contributed by atoms with Crippen LogP contribution in [0.3, 0.4) is 0 Å². The highest BCUT2D eigenvalue weighted by Gasteiger charge is 2.15. The van der Waals surface area contributed by atoms with Gasteiger partial charge < -0.3 is 9.72 Å². The van der Waals surface area contributed by atoms with Gasteiger partial charge >= 0.3 is 0 Å². The number of benzene rings is 2. The second kappa shape index (κ2) is 5.26. The molecule has 0 radical (unpaired) electrons. The molecule has 0 spiro atoms. The molecule has 3 nitrogen and oxygen atoms in total. The fraction of sp³-hybridized carbons (Fsp3) is 0.118. The van der Waals surface area contributed by atoms with Gasteiger partial charge in [-0.2, -0.15) is 0 Å². The summed E-state index contributed by atoms with van der Waals surface area (Å²) in [6, 6.07) is 10.9. The molecule has 0 atom stereocenters. The number of aryl methyl sites for hydroxylation is 1. The van der Waals surface area contributed by atoms with E-state index in [0.29, 0.717) is 16.1 Å². The lowest BCUT2D eigenvalue weighted by atomic mass is 10.0. The summed E-state index contributed by atoms with van der Waals surface area (Å²) in [4.78, 5) is 15.8. The minimum absolute atomic E-state index is 0.0331. The molecule has 3 aromatic rings. The van der Waals surface area contributed by atoms with Crippen LogP contribution in [0.25, 0.3) is 10.9 Å². The van der Waals surface area contributed by atoms with Gasteiger partial charge in [-0.3, -0.25) is 4.79 Å². The number of fused-ring (bicyclic) bond motifs is 1. The number of rotatable bonds is 3. The van der Waals surface area contributed by atoms with Gasteiger partial charge in [-0.15, -0.1) is 0 Å². The average molecular weight is 300 g/mol. The monoisotopic (exact) mass is 299 g/mol. The first-order valence-corrected chi connectivity index (χ1v) is 6.94. The molecule has 0 fully saturated rings. The van der Waals surface area contributed by atoms with Crippen molar-refractivity contribution in [1.82, 2.24) is 4.98 Å². The van der Waals surface area contributed by atoms with Crippen LogP contribution in [-0.4, -0.2) is 17.9 Å². The Hall–Kier alpha value is -2.26. The molecule has 0 amide bonds. The fourth-order valence-corrected chi connectivity index (χ4v) is 2.47. The van der Waals surface area contributed by atoms with E-state index in [-0.39, 0.29) is 5.78 Å². The van der Waals surface area contributed by atoms with E-state index < -0.39 is 0 Å². The SMILES string of the molecule is COc1ccc2[nH]cc(C(=O)c3ccc(Cl)c(C)c3)c2c1. The highest BCUT2D eigenvalue weighted by Crippen LogP contribution is 2.26. The van der Waals surface area contributed by atoms with E-state index >= 15 is 0 Å². The van der Waals surface area contributed by atoms with Crippen molar-refractivity contribution in [2.24, 2.45) is 0 Å². The van der Waals surface area contributed by atoms with Crippen LogP contribution >= 0.6 is 11.6 Å². The third-order valence-corrected chi connectivity index (χ3v) is 3.98. The summed E-state index contributed by atoms with van der Waals surface area (Å²) in [6.45, 7) is 1.89. The minimum atomic E-state index is -0.0331. The van der Waals surface area contributed by atoms with Crippen LogP contribution in [0.5, 0.6) is 5.75 Å². The lowest BCUT2D eigenvalue weighted by Crippen LogP contribution is -2.00. The van der Waals surface area contributed by atoms with Crippen molar-refractivity contribution in [2.75, 3.05) is 7.11 Å². The highest BCUT2D eigenvalue weighted by molar-refractivity contribution is 6.31.